The Bertz CT molecular complexity index is 507. The summed E-state index contributed by atoms with van der Waals surface area (Å²) < 4.78 is 0. The van der Waals surface area contributed by atoms with Gasteiger partial charge < -0.3 is 16.4 Å². The largest absolute Gasteiger partial charge is 0.326 e. The summed E-state index contributed by atoms with van der Waals surface area (Å²) in [5, 5.41) is 5.61. The van der Waals surface area contributed by atoms with E-state index in [1.54, 1.807) is 13.0 Å². The van der Waals surface area contributed by atoms with E-state index in [4.69, 9.17) is 5.73 Å². The van der Waals surface area contributed by atoms with Crippen molar-refractivity contribution in [1.82, 2.24) is 0 Å². The van der Waals surface area contributed by atoms with Crippen LogP contribution in [0.2, 0.25) is 0 Å². The maximum atomic E-state index is 11.7. The van der Waals surface area contributed by atoms with Gasteiger partial charge >= 0.3 is 0 Å². The molecule has 1 aromatic rings. The van der Waals surface area contributed by atoms with Crippen LogP contribution in [0.1, 0.15) is 25.3 Å². The lowest BCUT2D eigenvalue weighted by Gasteiger charge is -2.12. The highest BCUT2D eigenvalue weighted by Crippen LogP contribution is 2.30. The predicted octanol–water partition coefficient (Wildman–Crippen LogP) is 1.63. The van der Waals surface area contributed by atoms with E-state index in [1.165, 1.54) is 0 Å². The van der Waals surface area contributed by atoms with Gasteiger partial charge in [-0.1, -0.05) is 6.07 Å². The van der Waals surface area contributed by atoms with E-state index < -0.39 is 6.04 Å². The monoisotopic (exact) mass is 261 g/mol. The summed E-state index contributed by atoms with van der Waals surface area (Å²) in [5.74, 6) is -0.0366. The van der Waals surface area contributed by atoms with E-state index in [-0.39, 0.29) is 17.7 Å². The van der Waals surface area contributed by atoms with Gasteiger partial charge in [0.05, 0.1) is 6.04 Å². The first-order valence-corrected chi connectivity index (χ1v) is 6.45. The minimum Gasteiger partial charge on any atom is -0.326 e. The van der Waals surface area contributed by atoms with Gasteiger partial charge in [-0.2, -0.15) is 0 Å². The molecule has 0 heterocycles. The third-order valence-electron chi connectivity index (χ3n) is 3.12. The van der Waals surface area contributed by atoms with E-state index in [0.717, 1.165) is 18.4 Å². The number of benzene rings is 1. The number of carbonyl (C=O) groups is 2. The fourth-order valence-electron chi connectivity index (χ4n) is 1.67. The Morgan fingerprint density at radius 3 is 2.58 bits per heavy atom. The van der Waals surface area contributed by atoms with Crippen LogP contribution in [-0.2, 0) is 9.59 Å². The van der Waals surface area contributed by atoms with Crippen molar-refractivity contribution in [1.29, 1.82) is 0 Å². The van der Waals surface area contributed by atoms with Crippen LogP contribution in [0.15, 0.2) is 18.2 Å². The van der Waals surface area contributed by atoms with Gasteiger partial charge in [0.2, 0.25) is 11.8 Å². The zero-order chi connectivity index (χ0) is 14.0. The van der Waals surface area contributed by atoms with Crippen LogP contribution in [0, 0.1) is 12.8 Å². The third-order valence-corrected chi connectivity index (χ3v) is 3.12. The molecule has 0 spiro atoms. The average molecular weight is 261 g/mol. The number of amides is 2. The standard InChI is InChI=1S/C14H19N3O2/c1-8-3-6-11(16-14(19)10-4-5-10)7-12(8)17-13(18)9(2)15/h3,6-7,9-10H,4-5,15H2,1-2H3,(H,16,19)(H,17,18)/t9-/m0/s1. The van der Waals surface area contributed by atoms with Crippen molar-refractivity contribution in [3.05, 3.63) is 23.8 Å². The Morgan fingerprint density at radius 2 is 2.00 bits per heavy atom. The molecular formula is C14H19N3O2. The summed E-state index contributed by atoms with van der Waals surface area (Å²) in [7, 11) is 0. The minimum absolute atomic E-state index is 0.0494. The number of hydrogen-bond acceptors (Lipinski definition) is 3. The maximum Gasteiger partial charge on any atom is 0.241 e. The normalized spacial score (nSPS) is 15.7. The fourth-order valence-corrected chi connectivity index (χ4v) is 1.67. The lowest BCUT2D eigenvalue weighted by Crippen LogP contribution is -2.32. The first-order chi connectivity index (χ1) is 8.97. The number of nitrogens with two attached hydrogens (primary N) is 1. The number of nitrogens with one attached hydrogen (secondary N) is 2. The summed E-state index contributed by atoms with van der Waals surface area (Å²) in [4.78, 5) is 23.3. The van der Waals surface area contributed by atoms with Crippen molar-refractivity contribution in [3.8, 4) is 0 Å². The van der Waals surface area contributed by atoms with Gasteiger partial charge in [-0.05, 0) is 44.4 Å². The molecule has 5 heteroatoms. The second-order valence-corrected chi connectivity index (χ2v) is 5.07. The van der Waals surface area contributed by atoms with Gasteiger partial charge in [0, 0.05) is 17.3 Å². The Kier molecular flexibility index (Phi) is 3.85. The van der Waals surface area contributed by atoms with E-state index in [0.29, 0.717) is 11.4 Å². The number of rotatable bonds is 4. The fraction of sp³-hybridized carbons (Fsp3) is 0.429. The number of anilines is 2. The van der Waals surface area contributed by atoms with Crippen LogP contribution in [-0.4, -0.2) is 17.9 Å². The molecule has 0 aliphatic heterocycles. The second-order valence-electron chi connectivity index (χ2n) is 5.07. The smallest absolute Gasteiger partial charge is 0.241 e. The second kappa shape index (κ2) is 5.40. The molecule has 0 radical (unpaired) electrons. The lowest BCUT2D eigenvalue weighted by atomic mass is 10.1. The van der Waals surface area contributed by atoms with Gasteiger partial charge in [-0.3, -0.25) is 9.59 Å². The highest BCUT2D eigenvalue weighted by atomic mass is 16.2. The van der Waals surface area contributed by atoms with Crippen LogP contribution in [0.25, 0.3) is 0 Å². The highest BCUT2D eigenvalue weighted by molar-refractivity contribution is 5.97. The molecule has 19 heavy (non-hydrogen) atoms. The number of aryl methyl sites for hydroxylation is 1. The van der Waals surface area contributed by atoms with Crippen molar-refractivity contribution in [3.63, 3.8) is 0 Å². The van der Waals surface area contributed by atoms with Gasteiger partial charge in [0.15, 0.2) is 0 Å². The van der Waals surface area contributed by atoms with Gasteiger partial charge in [-0.25, -0.2) is 0 Å². The zero-order valence-electron chi connectivity index (χ0n) is 11.2. The molecule has 2 rings (SSSR count). The summed E-state index contributed by atoms with van der Waals surface area (Å²) in [6, 6.07) is 4.89. The Hall–Kier alpha value is -1.88. The van der Waals surface area contributed by atoms with E-state index in [1.807, 2.05) is 19.1 Å². The molecule has 0 aromatic heterocycles. The van der Waals surface area contributed by atoms with Crippen LogP contribution >= 0.6 is 0 Å². The minimum atomic E-state index is -0.566. The molecule has 102 valence electrons. The molecule has 1 atom stereocenters. The summed E-state index contributed by atoms with van der Waals surface area (Å²) in [6.45, 7) is 3.52. The van der Waals surface area contributed by atoms with Crippen molar-refractivity contribution in [2.45, 2.75) is 32.7 Å². The predicted molar refractivity (Wildman–Crippen MR) is 74.8 cm³/mol. The maximum absolute atomic E-state index is 11.7. The summed E-state index contributed by atoms with van der Waals surface area (Å²) in [5.41, 5.74) is 7.82. The molecule has 2 amide bonds. The number of hydrogen-bond donors (Lipinski definition) is 3. The third kappa shape index (κ3) is 3.54. The van der Waals surface area contributed by atoms with E-state index >= 15 is 0 Å². The van der Waals surface area contributed by atoms with Crippen LogP contribution < -0.4 is 16.4 Å². The van der Waals surface area contributed by atoms with Crippen molar-refractivity contribution in [2.75, 3.05) is 10.6 Å². The quantitative estimate of drug-likeness (QED) is 0.770. The molecule has 1 saturated carbocycles. The topological polar surface area (TPSA) is 84.2 Å². The van der Waals surface area contributed by atoms with Gasteiger partial charge in [0.25, 0.3) is 0 Å². The summed E-state index contributed by atoms with van der Waals surface area (Å²) in [6.07, 6.45) is 1.93. The SMILES string of the molecule is Cc1ccc(NC(=O)C2CC2)cc1NC(=O)[C@H](C)N. The Morgan fingerprint density at radius 1 is 1.32 bits per heavy atom. The molecule has 5 nitrogen and oxygen atoms in total. The molecule has 1 aromatic carbocycles. The van der Waals surface area contributed by atoms with E-state index in [9.17, 15) is 9.59 Å². The Labute approximate surface area is 112 Å². The molecule has 0 saturated heterocycles. The molecular weight excluding hydrogens is 242 g/mol. The molecule has 1 fully saturated rings. The van der Waals surface area contributed by atoms with Crippen molar-refractivity contribution in [2.24, 2.45) is 11.7 Å². The van der Waals surface area contributed by atoms with Crippen molar-refractivity contribution >= 4 is 23.2 Å². The van der Waals surface area contributed by atoms with Crippen LogP contribution in [0.4, 0.5) is 11.4 Å². The molecule has 0 unspecified atom stereocenters. The average Bonchev–Trinajstić information content (AvgIpc) is 3.17. The molecule has 1 aliphatic carbocycles. The van der Waals surface area contributed by atoms with E-state index in [2.05, 4.69) is 10.6 Å². The zero-order valence-corrected chi connectivity index (χ0v) is 11.2. The lowest BCUT2D eigenvalue weighted by molar-refractivity contribution is -0.117. The van der Waals surface area contributed by atoms with Crippen LogP contribution in [0.3, 0.4) is 0 Å². The van der Waals surface area contributed by atoms with Crippen LogP contribution in [0.5, 0.6) is 0 Å². The highest BCUT2D eigenvalue weighted by Gasteiger charge is 2.29. The molecule has 1 aliphatic rings. The van der Waals surface area contributed by atoms with Crippen molar-refractivity contribution < 1.29 is 9.59 Å². The first-order valence-electron chi connectivity index (χ1n) is 6.45. The summed E-state index contributed by atoms with van der Waals surface area (Å²) >= 11 is 0. The molecule has 0 bridgehead atoms. The first kappa shape index (κ1) is 13.5. The van der Waals surface area contributed by atoms with Gasteiger partial charge in [0.1, 0.15) is 0 Å². The number of carbonyl (C=O) groups excluding carboxylic acids is 2. The Balaban J connectivity index is 2.09. The molecule has 4 N–H and O–H groups in total. The van der Waals surface area contributed by atoms with Gasteiger partial charge in [-0.15, -0.1) is 0 Å².